The summed E-state index contributed by atoms with van der Waals surface area (Å²) in [5.74, 6) is 0. The van der Waals surface area contributed by atoms with Crippen molar-refractivity contribution in [3.05, 3.63) is 93.0 Å². The first-order valence-corrected chi connectivity index (χ1v) is 11.5. The van der Waals surface area contributed by atoms with E-state index in [1.54, 1.807) is 24.4 Å². The van der Waals surface area contributed by atoms with Crippen LogP contribution in [0.5, 0.6) is 0 Å². The van der Waals surface area contributed by atoms with Crippen LogP contribution in [-0.2, 0) is 0 Å². The number of H-pyrrole nitrogens is 1. The third-order valence-electron chi connectivity index (χ3n) is 5.27. The lowest BCUT2D eigenvalue weighted by atomic mass is 10.2. The van der Waals surface area contributed by atoms with Crippen LogP contribution in [0.3, 0.4) is 0 Å². The molecule has 1 saturated heterocycles. The van der Waals surface area contributed by atoms with Crippen molar-refractivity contribution >= 4 is 51.2 Å². The maximum Gasteiger partial charge on any atom is 0.259 e. The predicted molar refractivity (Wildman–Crippen MR) is 138 cm³/mol. The minimum Gasteiger partial charge on any atom is -0.369 e. The van der Waals surface area contributed by atoms with Gasteiger partial charge in [0.2, 0.25) is 0 Å². The molecule has 170 valence electrons. The fraction of sp³-hybridized carbons (Fsp3) is 0.200. The van der Waals surface area contributed by atoms with Crippen LogP contribution in [0.15, 0.2) is 71.7 Å². The summed E-state index contributed by atoms with van der Waals surface area (Å²) in [4.78, 5) is 21.8. The Balaban J connectivity index is 0.000000275. The zero-order valence-corrected chi connectivity index (χ0v) is 19.7. The first kappa shape index (κ1) is 23.1. The Kier molecular flexibility index (Phi) is 7.50. The monoisotopic (exact) mass is 481 g/mol. The van der Waals surface area contributed by atoms with Gasteiger partial charge in [0.25, 0.3) is 5.56 Å². The number of benzene rings is 2. The molecule has 0 aliphatic carbocycles. The lowest BCUT2D eigenvalue weighted by Gasteiger charge is -2.29. The number of anilines is 3. The molecule has 0 radical (unpaired) electrons. The van der Waals surface area contributed by atoms with E-state index in [1.807, 2.05) is 25.1 Å². The van der Waals surface area contributed by atoms with Crippen LogP contribution in [0.1, 0.15) is 5.69 Å². The Morgan fingerprint density at radius 2 is 1.67 bits per heavy atom. The van der Waals surface area contributed by atoms with Gasteiger partial charge in [-0.1, -0.05) is 29.3 Å². The number of hydrogen-bond acceptors (Lipinski definition) is 5. The van der Waals surface area contributed by atoms with Gasteiger partial charge in [-0.25, -0.2) is 0 Å². The lowest BCUT2D eigenvalue weighted by Crippen LogP contribution is -2.43. The van der Waals surface area contributed by atoms with Gasteiger partial charge in [0, 0.05) is 59.5 Å². The van der Waals surface area contributed by atoms with E-state index in [9.17, 15) is 4.79 Å². The summed E-state index contributed by atoms with van der Waals surface area (Å²) in [5, 5.41) is 8.67. The molecule has 33 heavy (non-hydrogen) atoms. The van der Waals surface area contributed by atoms with Gasteiger partial charge in [-0.2, -0.15) is 0 Å². The van der Waals surface area contributed by atoms with Gasteiger partial charge >= 0.3 is 0 Å². The smallest absolute Gasteiger partial charge is 0.259 e. The molecule has 3 heterocycles. The molecular formula is C25H25Cl2N5O. The fourth-order valence-corrected chi connectivity index (χ4v) is 4.15. The number of aromatic amines is 1. The summed E-state index contributed by atoms with van der Waals surface area (Å²) >= 11 is 11.1. The maximum absolute atomic E-state index is 12.2. The van der Waals surface area contributed by atoms with E-state index >= 15 is 0 Å². The normalized spacial score (nSPS) is 13.4. The topological polar surface area (TPSA) is 73.0 Å². The number of fused-ring (bicyclic) bond motifs is 1. The lowest BCUT2D eigenvalue weighted by molar-refractivity contribution is 0.589. The van der Waals surface area contributed by atoms with Crippen molar-refractivity contribution in [3.8, 4) is 0 Å². The molecular weight excluding hydrogens is 457 g/mol. The number of nitrogens with zero attached hydrogens (tertiary/aromatic N) is 2. The largest absolute Gasteiger partial charge is 0.369 e. The number of halogens is 2. The van der Waals surface area contributed by atoms with Crippen LogP contribution in [0.4, 0.5) is 17.1 Å². The number of rotatable bonds is 3. The number of piperazine rings is 1. The second kappa shape index (κ2) is 10.7. The highest BCUT2D eigenvalue weighted by Gasteiger charge is 2.11. The van der Waals surface area contributed by atoms with E-state index in [0.717, 1.165) is 43.2 Å². The second-order valence-corrected chi connectivity index (χ2v) is 8.60. The van der Waals surface area contributed by atoms with E-state index in [-0.39, 0.29) is 5.56 Å². The average Bonchev–Trinajstić information content (AvgIpc) is 2.80. The summed E-state index contributed by atoms with van der Waals surface area (Å²) in [6, 6.07) is 19.1. The van der Waals surface area contributed by atoms with E-state index in [4.69, 9.17) is 23.2 Å². The summed E-state index contributed by atoms with van der Waals surface area (Å²) < 4.78 is 0. The molecule has 1 fully saturated rings. The van der Waals surface area contributed by atoms with E-state index in [1.165, 1.54) is 5.69 Å². The molecule has 2 aromatic heterocycles. The van der Waals surface area contributed by atoms with Gasteiger partial charge in [-0.3, -0.25) is 9.78 Å². The fourth-order valence-electron chi connectivity index (χ4n) is 3.72. The molecule has 1 aliphatic heterocycles. The molecule has 0 unspecified atom stereocenters. The second-order valence-electron chi connectivity index (χ2n) is 7.73. The van der Waals surface area contributed by atoms with Crippen LogP contribution in [0.2, 0.25) is 10.0 Å². The third-order valence-corrected chi connectivity index (χ3v) is 5.74. The number of aromatic nitrogens is 2. The zero-order valence-electron chi connectivity index (χ0n) is 18.2. The number of aryl methyl sites for hydroxylation is 1. The molecule has 0 bridgehead atoms. The van der Waals surface area contributed by atoms with Crippen molar-refractivity contribution < 1.29 is 0 Å². The molecule has 0 saturated carbocycles. The van der Waals surface area contributed by atoms with Gasteiger partial charge in [0.15, 0.2) is 0 Å². The number of pyridine rings is 2. The Labute approximate surface area is 202 Å². The van der Waals surface area contributed by atoms with Gasteiger partial charge in [-0.15, -0.1) is 0 Å². The Morgan fingerprint density at radius 1 is 0.970 bits per heavy atom. The summed E-state index contributed by atoms with van der Waals surface area (Å²) in [6.45, 7) is 6.02. The molecule has 0 spiro atoms. The first-order chi connectivity index (χ1) is 16.0. The minimum atomic E-state index is -0.134. The van der Waals surface area contributed by atoms with Crippen LogP contribution in [0, 0.1) is 6.92 Å². The molecule has 4 aromatic rings. The standard InChI is InChI=1S/C19H21N5O.C6H4Cl2/c1-13-12-17(18-16(22-13)6-7-21-19(18)25)23-14-2-4-15(5-3-14)24-10-8-20-9-11-24;7-5-2-1-3-6(8)4-5/h2-7,12,20H,8-11H2,1H3,(H,21,25)(H,22,23);1-4H. The molecule has 1 aliphatic rings. The molecule has 3 N–H and O–H groups in total. The van der Waals surface area contributed by atoms with Gasteiger partial charge in [0.05, 0.1) is 16.6 Å². The summed E-state index contributed by atoms with van der Waals surface area (Å²) in [7, 11) is 0. The molecule has 0 amide bonds. The summed E-state index contributed by atoms with van der Waals surface area (Å²) in [5.41, 5.74) is 4.39. The van der Waals surface area contributed by atoms with Crippen molar-refractivity contribution in [2.45, 2.75) is 6.92 Å². The molecule has 8 heteroatoms. The van der Waals surface area contributed by atoms with Crippen molar-refractivity contribution in [2.24, 2.45) is 0 Å². The highest BCUT2D eigenvalue weighted by molar-refractivity contribution is 6.34. The minimum absolute atomic E-state index is 0.134. The van der Waals surface area contributed by atoms with Crippen molar-refractivity contribution in [1.29, 1.82) is 0 Å². The predicted octanol–water partition coefficient (Wildman–Crippen LogP) is 5.38. The first-order valence-electron chi connectivity index (χ1n) is 10.7. The van der Waals surface area contributed by atoms with Crippen LogP contribution in [-0.4, -0.2) is 36.1 Å². The van der Waals surface area contributed by atoms with Crippen LogP contribution in [0.25, 0.3) is 10.9 Å². The Bertz CT molecular complexity index is 1270. The quantitative estimate of drug-likeness (QED) is 0.366. The van der Waals surface area contributed by atoms with Crippen molar-refractivity contribution in [2.75, 3.05) is 36.4 Å². The van der Waals surface area contributed by atoms with Gasteiger partial charge in [-0.05, 0) is 61.5 Å². The number of nitrogens with one attached hydrogen (secondary N) is 3. The van der Waals surface area contributed by atoms with Crippen molar-refractivity contribution in [1.82, 2.24) is 15.3 Å². The molecule has 5 rings (SSSR count). The van der Waals surface area contributed by atoms with Crippen LogP contribution >= 0.6 is 23.2 Å². The third kappa shape index (κ3) is 6.05. The van der Waals surface area contributed by atoms with E-state index in [2.05, 4.69) is 49.8 Å². The number of hydrogen-bond donors (Lipinski definition) is 3. The van der Waals surface area contributed by atoms with E-state index < -0.39 is 0 Å². The maximum atomic E-state index is 12.2. The summed E-state index contributed by atoms with van der Waals surface area (Å²) in [6.07, 6.45) is 1.63. The molecule has 2 aromatic carbocycles. The van der Waals surface area contributed by atoms with Crippen LogP contribution < -0.4 is 21.1 Å². The SMILES string of the molecule is Cc1cc(Nc2ccc(N3CCNCC3)cc2)c2c(=O)[nH]ccc2n1.Clc1cccc(Cl)c1. The zero-order chi connectivity index (χ0) is 23.2. The molecule has 6 nitrogen and oxygen atoms in total. The average molecular weight is 482 g/mol. The van der Waals surface area contributed by atoms with Gasteiger partial charge < -0.3 is 20.5 Å². The molecule has 0 atom stereocenters. The Hall–Kier alpha value is -3.06. The van der Waals surface area contributed by atoms with Gasteiger partial charge in [0.1, 0.15) is 0 Å². The highest BCUT2D eigenvalue weighted by atomic mass is 35.5. The Morgan fingerprint density at radius 3 is 2.30 bits per heavy atom. The van der Waals surface area contributed by atoms with E-state index in [0.29, 0.717) is 20.9 Å². The highest BCUT2D eigenvalue weighted by Crippen LogP contribution is 2.25. The van der Waals surface area contributed by atoms with Crippen molar-refractivity contribution in [3.63, 3.8) is 0 Å².